The van der Waals surface area contributed by atoms with Crippen molar-refractivity contribution in [3.05, 3.63) is 53.6 Å². The molecule has 0 unspecified atom stereocenters. The van der Waals surface area contributed by atoms with Crippen LogP contribution in [-0.4, -0.2) is 15.3 Å². The summed E-state index contributed by atoms with van der Waals surface area (Å²) < 4.78 is 33.0. The Morgan fingerprint density at radius 2 is 1.95 bits per heavy atom. The van der Waals surface area contributed by atoms with Gasteiger partial charge in [0.15, 0.2) is 0 Å². The lowest BCUT2D eigenvalue weighted by molar-refractivity contribution is 0.333. The normalized spacial score (nSPS) is 14.0. The molecule has 0 aliphatic carbocycles. The zero-order chi connectivity index (χ0) is 15.7. The zero-order valence-corrected chi connectivity index (χ0v) is 13.1. The summed E-state index contributed by atoms with van der Waals surface area (Å²) in [5.74, 6) is 0. The van der Waals surface area contributed by atoms with Crippen LogP contribution in [0.1, 0.15) is 11.1 Å². The Hall–Kier alpha value is -1.83. The van der Waals surface area contributed by atoms with Crippen LogP contribution < -0.4 is 15.9 Å². The molecule has 3 N–H and O–H groups in total. The molecule has 3 rings (SSSR count). The van der Waals surface area contributed by atoms with Gasteiger partial charge in [-0.2, -0.15) is 0 Å². The van der Waals surface area contributed by atoms with Crippen LogP contribution in [0.15, 0.2) is 47.4 Å². The summed E-state index contributed by atoms with van der Waals surface area (Å²) in [6.07, 6.45) is 0. The highest BCUT2D eigenvalue weighted by Gasteiger charge is 2.24. The van der Waals surface area contributed by atoms with Gasteiger partial charge in [-0.15, -0.1) is 0 Å². The summed E-state index contributed by atoms with van der Waals surface area (Å²) in [4.78, 5) is 0.217. The van der Waals surface area contributed by atoms with Gasteiger partial charge in [0.2, 0.25) is 0 Å². The molecule has 114 valence electrons. The van der Waals surface area contributed by atoms with Crippen LogP contribution >= 0.6 is 0 Å². The van der Waals surface area contributed by atoms with Gasteiger partial charge in [-0.1, -0.05) is 25.0 Å². The van der Waals surface area contributed by atoms with Crippen LogP contribution in [0.3, 0.4) is 0 Å². The average Bonchev–Trinajstić information content (AvgIpc) is 2.88. The van der Waals surface area contributed by atoms with Crippen molar-refractivity contribution in [2.24, 2.45) is 5.73 Å². The van der Waals surface area contributed by atoms with Crippen molar-refractivity contribution in [2.45, 2.75) is 24.9 Å². The second kappa shape index (κ2) is 5.76. The number of fused-ring (bicyclic) bond motifs is 1. The van der Waals surface area contributed by atoms with Crippen LogP contribution in [-0.2, 0) is 27.8 Å². The van der Waals surface area contributed by atoms with Crippen molar-refractivity contribution >= 4 is 28.1 Å². The number of nitrogens with one attached hydrogen (secondary N) is 1. The van der Waals surface area contributed by atoms with E-state index in [1.807, 2.05) is 19.0 Å². The Balaban J connectivity index is 1.86. The monoisotopic (exact) mass is 316 g/mol. The fourth-order valence-electron chi connectivity index (χ4n) is 2.49. The number of benzene rings is 2. The first-order chi connectivity index (χ1) is 10.5. The van der Waals surface area contributed by atoms with Crippen molar-refractivity contribution < 1.29 is 13.1 Å². The van der Waals surface area contributed by atoms with E-state index in [1.165, 1.54) is 0 Å². The van der Waals surface area contributed by atoms with Gasteiger partial charge in [0, 0.05) is 12.2 Å². The Morgan fingerprint density at radius 1 is 1.23 bits per heavy atom. The second-order valence-electron chi connectivity index (χ2n) is 5.32. The maximum absolute atomic E-state index is 12.4. The molecule has 1 aliphatic rings. The molecule has 0 spiro atoms. The van der Waals surface area contributed by atoms with Crippen LogP contribution in [0.25, 0.3) is 0 Å². The van der Waals surface area contributed by atoms with E-state index in [-0.39, 0.29) is 11.8 Å². The number of sulfonamides is 1. The van der Waals surface area contributed by atoms with Crippen LogP contribution in [0.5, 0.6) is 0 Å². The van der Waals surface area contributed by atoms with E-state index in [2.05, 4.69) is 4.72 Å². The van der Waals surface area contributed by atoms with Crippen LogP contribution in [0.2, 0.25) is 6.82 Å². The molecule has 1 aliphatic heterocycles. The number of hydrogen-bond acceptors (Lipinski definition) is 4. The highest BCUT2D eigenvalue weighted by atomic mass is 32.2. The molecular weight excluding hydrogens is 299 g/mol. The molecule has 5 nitrogen and oxygen atoms in total. The molecule has 0 saturated heterocycles. The number of anilines is 1. The third-order valence-electron chi connectivity index (χ3n) is 3.79. The Bertz CT molecular complexity index is 791. The fraction of sp³-hybridized carbons (Fsp3) is 0.200. The van der Waals surface area contributed by atoms with Crippen LogP contribution in [0.4, 0.5) is 5.69 Å². The van der Waals surface area contributed by atoms with Gasteiger partial charge in [-0.05, 0) is 40.9 Å². The summed E-state index contributed by atoms with van der Waals surface area (Å²) in [7, 11) is -3.60. The van der Waals surface area contributed by atoms with Gasteiger partial charge in [0.1, 0.15) is 0 Å². The molecule has 0 aromatic heterocycles. The minimum Gasteiger partial charge on any atom is -0.427 e. The quantitative estimate of drug-likeness (QED) is 0.833. The standard InChI is InChI=1S/C15H17BN2O3S/c1-16-15-8-13(5-4-12(15)10-21-16)18-22(19,20)14-6-2-11(9-17)3-7-14/h2-8,18H,9-10,17H2,1H3. The molecule has 0 radical (unpaired) electrons. The Labute approximate surface area is 130 Å². The van der Waals surface area contributed by atoms with Gasteiger partial charge >= 0.3 is 6.92 Å². The summed E-state index contributed by atoms with van der Waals surface area (Å²) in [5.41, 5.74) is 9.08. The molecule has 1 heterocycles. The Kier molecular flexibility index (Phi) is 3.95. The fourth-order valence-corrected chi connectivity index (χ4v) is 3.54. The van der Waals surface area contributed by atoms with E-state index < -0.39 is 10.0 Å². The zero-order valence-electron chi connectivity index (χ0n) is 12.2. The van der Waals surface area contributed by atoms with E-state index in [0.29, 0.717) is 18.8 Å². The lowest BCUT2D eigenvalue weighted by Crippen LogP contribution is -2.25. The van der Waals surface area contributed by atoms with Gasteiger partial charge in [-0.3, -0.25) is 4.72 Å². The maximum atomic E-state index is 12.4. The van der Waals surface area contributed by atoms with Crippen molar-refractivity contribution in [3.8, 4) is 0 Å². The van der Waals surface area contributed by atoms with Gasteiger partial charge in [0.25, 0.3) is 10.0 Å². The third-order valence-corrected chi connectivity index (χ3v) is 5.19. The van der Waals surface area contributed by atoms with E-state index in [0.717, 1.165) is 16.6 Å². The summed E-state index contributed by atoms with van der Waals surface area (Å²) in [6, 6.07) is 12.0. The lowest BCUT2D eigenvalue weighted by Gasteiger charge is -2.10. The third kappa shape index (κ3) is 2.88. The first-order valence-corrected chi connectivity index (χ1v) is 8.54. The highest BCUT2D eigenvalue weighted by molar-refractivity contribution is 7.92. The SMILES string of the molecule is CB1OCc2ccc(NS(=O)(=O)c3ccc(CN)cc3)cc21. The minimum absolute atomic E-state index is 0.0108. The number of rotatable bonds is 4. The van der Waals surface area contributed by atoms with Gasteiger partial charge in [0.05, 0.1) is 11.5 Å². The van der Waals surface area contributed by atoms with E-state index in [1.54, 1.807) is 30.3 Å². The molecule has 2 aromatic carbocycles. The molecular formula is C15H17BN2O3S. The maximum Gasteiger partial charge on any atom is 0.324 e. The summed E-state index contributed by atoms with van der Waals surface area (Å²) in [6.45, 7) is 2.90. The van der Waals surface area contributed by atoms with Gasteiger partial charge in [-0.25, -0.2) is 8.42 Å². The molecule has 22 heavy (non-hydrogen) atoms. The van der Waals surface area contributed by atoms with E-state index in [9.17, 15) is 8.42 Å². The van der Waals surface area contributed by atoms with Crippen molar-refractivity contribution in [3.63, 3.8) is 0 Å². The lowest BCUT2D eigenvalue weighted by atomic mass is 9.64. The highest BCUT2D eigenvalue weighted by Crippen LogP contribution is 2.19. The predicted octanol–water partition coefficient (Wildman–Crippen LogP) is 1.30. The van der Waals surface area contributed by atoms with Gasteiger partial charge < -0.3 is 10.4 Å². The van der Waals surface area contributed by atoms with E-state index >= 15 is 0 Å². The molecule has 0 atom stereocenters. The number of hydrogen-bond donors (Lipinski definition) is 2. The largest absolute Gasteiger partial charge is 0.427 e. The Morgan fingerprint density at radius 3 is 2.64 bits per heavy atom. The average molecular weight is 316 g/mol. The van der Waals surface area contributed by atoms with Crippen molar-refractivity contribution in [1.29, 1.82) is 0 Å². The van der Waals surface area contributed by atoms with Crippen molar-refractivity contribution in [2.75, 3.05) is 4.72 Å². The molecule has 0 bridgehead atoms. The predicted molar refractivity (Wildman–Crippen MR) is 87.6 cm³/mol. The first-order valence-electron chi connectivity index (χ1n) is 7.06. The smallest absolute Gasteiger partial charge is 0.324 e. The van der Waals surface area contributed by atoms with Crippen molar-refractivity contribution in [1.82, 2.24) is 0 Å². The molecule has 2 aromatic rings. The molecule has 0 amide bonds. The summed E-state index contributed by atoms with van der Waals surface area (Å²) >= 11 is 0. The first kappa shape index (κ1) is 15.1. The molecule has 0 saturated carbocycles. The summed E-state index contributed by atoms with van der Waals surface area (Å²) in [5, 5.41) is 0. The van der Waals surface area contributed by atoms with Crippen LogP contribution in [0, 0.1) is 0 Å². The minimum atomic E-state index is -3.60. The number of nitrogens with two attached hydrogens (primary N) is 1. The molecule has 7 heteroatoms. The second-order valence-corrected chi connectivity index (χ2v) is 7.00. The van der Waals surface area contributed by atoms with E-state index in [4.69, 9.17) is 10.4 Å². The molecule has 0 fully saturated rings. The topological polar surface area (TPSA) is 81.4 Å².